The SMILES string of the molecule is CCc1ccc(N2C[C@H](C(=O)OCC(=O)Nc3ccc(C(C)(C)C)cc3)CC2=O)cc1. The van der Waals surface area contributed by atoms with Crippen LogP contribution in [0.1, 0.15) is 45.2 Å². The average molecular weight is 423 g/mol. The average Bonchev–Trinajstić information content (AvgIpc) is 3.13. The number of nitrogens with zero attached hydrogens (tertiary/aromatic N) is 1. The van der Waals surface area contributed by atoms with E-state index in [2.05, 4.69) is 33.0 Å². The highest BCUT2D eigenvalue weighted by molar-refractivity contribution is 6.00. The van der Waals surface area contributed by atoms with E-state index < -0.39 is 17.8 Å². The number of hydrogen-bond donors (Lipinski definition) is 1. The molecule has 1 N–H and O–H groups in total. The van der Waals surface area contributed by atoms with Crippen molar-refractivity contribution < 1.29 is 19.1 Å². The maximum Gasteiger partial charge on any atom is 0.311 e. The molecular formula is C25H30N2O4. The lowest BCUT2D eigenvalue weighted by atomic mass is 9.87. The number of anilines is 2. The van der Waals surface area contributed by atoms with Crippen LogP contribution in [0.25, 0.3) is 0 Å². The highest BCUT2D eigenvalue weighted by Gasteiger charge is 2.36. The van der Waals surface area contributed by atoms with Crippen LogP contribution in [0.15, 0.2) is 48.5 Å². The van der Waals surface area contributed by atoms with E-state index in [1.807, 2.05) is 48.5 Å². The molecule has 1 aliphatic heterocycles. The molecule has 0 radical (unpaired) electrons. The summed E-state index contributed by atoms with van der Waals surface area (Å²) in [5.41, 5.74) is 3.80. The van der Waals surface area contributed by atoms with Crippen molar-refractivity contribution in [3.8, 4) is 0 Å². The maximum absolute atomic E-state index is 12.4. The molecule has 0 spiro atoms. The fourth-order valence-electron chi connectivity index (χ4n) is 3.53. The lowest BCUT2D eigenvalue weighted by Crippen LogP contribution is -2.28. The number of benzene rings is 2. The van der Waals surface area contributed by atoms with E-state index in [1.54, 1.807) is 4.90 Å². The van der Waals surface area contributed by atoms with Crippen molar-refractivity contribution in [3.63, 3.8) is 0 Å². The number of ether oxygens (including phenoxy) is 1. The molecule has 1 aliphatic rings. The third-order valence-electron chi connectivity index (χ3n) is 5.49. The zero-order valence-electron chi connectivity index (χ0n) is 18.6. The zero-order chi connectivity index (χ0) is 22.6. The van der Waals surface area contributed by atoms with Crippen LogP contribution in [-0.2, 0) is 31.0 Å². The van der Waals surface area contributed by atoms with Crippen molar-refractivity contribution in [1.82, 2.24) is 0 Å². The Hall–Kier alpha value is -3.15. The Morgan fingerprint density at radius 1 is 1.06 bits per heavy atom. The van der Waals surface area contributed by atoms with Gasteiger partial charge in [-0.25, -0.2) is 0 Å². The molecule has 31 heavy (non-hydrogen) atoms. The standard InChI is InChI=1S/C25H30N2O4/c1-5-17-6-12-21(13-7-17)27-15-18(14-23(27)29)24(30)31-16-22(28)26-20-10-8-19(9-11-20)25(2,3)4/h6-13,18H,5,14-16H2,1-4H3,(H,26,28)/t18-/m1/s1. The van der Waals surface area contributed by atoms with Gasteiger partial charge in [0.05, 0.1) is 5.92 Å². The first kappa shape index (κ1) is 22.5. The van der Waals surface area contributed by atoms with Gasteiger partial charge in [0.15, 0.2) is 6.61 Å². The second-order valence-electron chi connectivity index (χ2n) is 8.91. The van der Waals surface area contributed by atoms with Crippen molar-refractivity contribution in [3.05, 3.63) is 59.7 Å². The van der Waals surface area contributed by atoms with E-state index in [0.717, 1.165) is 17.7 Å². The minimum absolute atomic E-state index is 0.0305. The molecule has 0 bridgehead atoms. The summed E-state index contributed by atoms with van der Waals surface area (Å²) in [6, 6.07) is 15.3. The molecule has 0 saturated carbocycles. The summed E-state index contributed by atoms with van der Waals surface area (Å²) in [5.74, 6) is -1.63. The van der Waals surface area contributed by atoms with Crippen molar-refractivity contribution in [2.45, 2.75) is 46.0 Å². The minimum atomic E-state index is -0.572. The number of carbonyl (C=O) groups is 3. The Labute approximate surface area is 183 Å². The third kappa shape index (κ3) is 5.72. The fourth-order valence-corrected chi connectivity index (χ4v) is 3.53. The Balaban J connectivity index is 1.50. The largest absolute Gasteiger partial charge is 0.455 e. The molecule has 2 aromatic carbocycles. The second-order valence-corrected chi connectivity index (χ2v) is 8.91. The topological polar surface area (TPSA) is 75.7 Å². The van der Waals surface area contributed by atoms with E-state index >= 15 is 0 Å². The number of carbonyl (C=O) groups excluding carboxylic acids is 3. The summed E-state index contributed by atoms with van der Waals surface area (Å²) < 4.78 is 5.18. The van der Waals surface area contributed by atoms with E-state index in [0.29, 0.717) is 5.69 Å². The van der Waals surface area contributed by atoms with Crippen LogP contribution in [-0.4, -0.2) is 30.9 Å². The summed E-state index contributed by atoms with van der Waals surface area (Å²) in [6.45, 7) is 8.31. The molecule has 2 aromatic rings. The lowest BCUT2D eigenvalue weighted by molar-refractivity contribution is -0.151. The fraction of sp³-hybridized carbons (Fsp3) is 0.400. The second kappa shape index (κ2) is 9.33. The number of nitrogens with one attached hydrogen (secondary N) is 1. The van der Waals surface area contributed by atoms with Gasteiger partial charge in [-0.2, -0.15) is 0 Å². The quantitative estimate of drug-likeness (QED) is 0.712. The molecule has 0 aromatic heterocycles. The van der Waals surface area contributed by atoms with Gasteiger partial charge >= 0.3 is 5.97 Å². The molecule has 0 unspecified atom stereocenters. The predicted octanol–water partition coefficient (Wildman–Crippen LogP) is 4.08. The first-order valence-electron chi connectivity index (χ1n) is 10.6. The number of esters is 1. The molecule has 6 heteroatoms. The predicted molar refractivity (Wildman–Crippen MR) is 121 cm³/mol. The van der Waals surface area contributed by atoms with Crippen LogP contribution in [0, 0.1) is 5.92 Å². The van der Waals surface area contributed by atoms with Gasteiger partial charge in [-0.1, -0.05) is 52.0 Å². The van der Waals surface area contributed by atoms with Gasteiger partial charge < -0.3 is 15.0 Å². The molecule has 2 amide bonds. The van der Waals surface area contributed by atoms with Crippen molar-refractivity contribution >= 4 is 29.2 Å². The number of hydrogen-bond acceptors (Lipinski definition) is 4. The van der Waals surface area contributed by atoms with Gasteiger partial charge in [0.2, 0.25) is 5.91 Å². The smallest absolute Gasteiger partial charge is 0.311 e. The summed E-state index contributed by atoms with van der Waals surface area (Å²) in [7, 11) is 0. The number of amides is 2. The van der Waals surface area contributed by atoms with Crippen LogP contribution < -0.4 is 10.2 Å². The van der Waals surface area contributed by atoms with Crippen LogP contribution >= 0.6 is 0 Å². The van der Waals surface area contributed by atoms with Crippen molar-refractivity contribution in [2.24, 2.45) is 5.92 Å². The number of aryl methyl sites for hydroxylation is 1. The van der Waals surface area contributed by atoms with Gasteiger partial charge in [0.1, 0.15) is 0 Å². The molecule has 3 rings (SSSR count). The van der Waals surface area contributed by atoms with Gasteiger partial charge in [0, 0.05) is 24.3 Å². The van der Waals surface area contributed by atoms with Crippen LogP contribution in [0.2, 0.25) is 0 Å². The normalized spacial score (nSPS) is 16.3. The van der Waals surface area contributed by atoms with Crippen LogP contribution in [0.5, 0.6) is 0 Å². The van der Waals surface area contributed by atoms with Crippen LogP contribution in [0.3, 0.4) is 0 Å². The molecular weight excluding hydrogens is 392 g/mol. The molecule has 1 heterocycles. The van der Waals surface area contributed by atoms with E-state index in [1.165, 1.54) is 5.56 Å². The van der Waals surface area contributed by atoms with Crippen molar-refractivity contribution in [1.29, 1.82) is 0 Å². The molecule has 164 valence electrons. The molecule has 0 aliphatic carbocycles. The first-order valence-corrected chi connectivity index (χ1v) is 10.6. The summed E-state index contributed by atoms with van der Waals surface area (Å²) in [4.78, 5) is 38.5. The Morgan fingerprint density at radius 3 is 2.29 bits per heavy atom. The lowest BCUT2D eigenvalue weighted by Gasteiger charge is -2.19. The molecule has 6 nitrogen and oxygen atoms in total. The highest BCUT2D eigenvalue weighted by Crippen LogP contribution is 2.26. The van der Waals surface area contributed by atoms with Gasteiger partial charge in [-0.15, -0.1) is 0 Å². The maximum atomic E-state index is 12.4. The van der Waals surface area contributed by atoms with E-state index in [4.69, 9.17) is 4.74 Å². The van der Waals surface area contributed by atoms with Gasteiger partial charge in [0.25, 0.3) is 5.91 Å². The van der Waals surface area contributed by atoms with E-state index in [9.17, 15) is 14.4 Å². The monoisotopic (exact) mass is 422 g/mol. The molecule has 1 saturated heterocycles. The summed E-state index contributed by atoms with van der Waals surface area (Å²) in [5, 5.41) is 2.73. The Kier molecular flexibility index (Phi) is 6.78. The van der Waals surface area contributed by atoms with Gasteiger partial charge in [-0.3, -0.25) is 14.4 Å². The van der Waals surface area contributed by atoms with Crippen LogP contribution in [0.4, 0.5) is 11.4 Å². The highest BCUT2D eigenvalue weighted by atomic mass is 16.5. The summed E-state index contributed by atoms with van der Waals surface area (Å²) in [6.07, 6.45) is 1.01. The Morgan fingerprint density at radius 2 is 1.71 bits per heavy atom. The van der Waals surface area contributed by atoms with E-state index in [-0.39, 0.29) is 30.9 Å². The first-order chi connectivity index (χ1) is 14.7. The summed E-state index contributed by atoms with van der Waals surface area (Å²) >= 11 is 0. The Bertz CT molecular complexity index is 943. The van der Waals surface area contributed by atoms with Gasteiger partial charge in [-0.05, 0) is 47.2 Å². The number of rotatable bonds is 6. The molecule has 1 atom stereocenters. The zero-order valence-corrected chi connectivity index (χ0v) is 18.6. The third-order valence-corrected chi connectivity index (χ3v) is 5.49. The molecule has 1 fully saturated rings. The minimum Gasteiger partial charge on any atom is -0.455 e. The van der Waals surface area contributed by atoms with Crippen molar-refractivity contribution in [2.75, 3.05) is 23.4 Å².